The van der Waals surface area contributed by atoms with Gasteiger partial charge in [0.15, 0.2) is 11.6 Å². The van der Waals surface area contributed by atoms with Crippen LogP contribution in [0.2, 0.25) is 0 Å². The second-order valence-corrected chi connectivity index (χ2v) is 6.70. The SMILES string of the molecule is Cc1nc(C(=O)c2ccc3[nH]c(N)c(C4CCN(C)CC4)c3n2)co1. The Morgan fingerprint density at radius 3 is 2.72 bits per heavy atom. The van der Waals surface area contributed by atoms with Gasteiger partial charge >= 0.3 is 0 Å². The van der Waals surface area contributed by atoms with E-state index in [1.165, 1.54) is 6.26 Å². The number of nitrogens with zero attached hydrogens (tertiary/aromatic N) is 3. The first-order valence-corrected chi connectivity index (χ1v) is 8.46. The van der Waals surface area contributed by atoms with Crippen LogP contribution in [0.15, 0.2) is 22.8 Å². The zero-order valence-corrected chi connectivity index (χ0v) is 14.4. The van der Waals surface area contributed by atoms with Crippen LogP contribution in [-0.2, 0) is 0 Å². The van der Waals surface area contributed by atoms with Crippen molar-refractivity contribution in [3.05, 3.63) is 41.2 Å². The first kappa shape index (κ1) is 15.8. The number of oxazole rings is 1. The van der Waals surface area contributed by atoms with Crippen molar-refractivity contribution in [3.63, 3.8) is 0 Å². The fourth-order valence-corrected chi connectivity index (χ4v) is 3.54. The molecule has 1 aliphatic heterocycles. The molecule has 0 saturated carbocycles. The number of H-pyrrole nitrogens is 1. The lowest BCUT2D eigenvalue weighted by Crippen LogP contribution is -2.29. The van der Waals surface area contributed by atoms with Crippen molar-refractivity contribution in [3.8, 4) is 0 Å². The topological polar surface area (TPSA) is 101 Å². The summed E-state index contributed by atoms with van der Waals surface area (Å²) in [5.74, 6) is 1.23. The number of nitrogens with one attached hydrogen (secondary N) is 1. The largest absolute Gasteiger partial charge is 0.449 e. The molecular weight excluding hydrogens is 318 g/mol. The predicted molar refractivity (Wildman–Crippen MR) is 94.7 cm³/mol. The maximum Gasteiger partial charge on any atom is 0.232 e. The Bertz CT molecular complexity index is 934. The number of fused-ring (bicyclic) bond motifs is 1. The molecule has 0 spiro atoms. The third-order valence-electron chi connectivity index (χ3n) is 4.92. The van der Waals surface area contributed by atoms with Crippen LogP contribution >= 0.6 is 0 Å². The highest BCUT2D eigenvalue weighted by Crippen LogP contribution is 2.36. The number of pyridine rings is 1. The van der Waals surface area contributed by atoms with E-state index in [2.05, 4.69) is 26.9 Å². The average molecular weight is 339 g/mol. The molecular formula is C18H21N5O2. The van der Waals surface area contributed by atoms with Gasteiger partial charge in [-0.1, -0.05) is 0 Å². The number of aromatic nitrogens is 3. The summed E-state index contributed by atoms with van der Waals surface area (Å²) in [6, 6.07) is 3.56. The van der Waals surface area contributed by atoms with E-state index in [9.17, 15) is 4.79 Å². The number of hydrogen-bond acceptors (Lipinski definition) is 6. The molecule has 1 aliphatic rings. The number of carbonyl (C=O) groups is 1. The number of anilines is 1. The van der Waals surface area contributed by atoms with Crippen LogP contribution in [-0.4, -0.2) is 45.8 Å². The van der Waals surface area contributed by atoms with Crippen molar-refractivity contribution >= 4 is 22.6 Å². The van der Waals surface area contributed by atoms with Crippen molar-refractivity contribution in [2.45, 2.75) is 25.7 Å². The number of aromatic amines is 1. The Morgan fingerprint density at radius 1 is 1.28 bits per heavy atom. The molecule has 25 heavy (non-hydrogen) atoms. The Labute approximate surface area is 145 Å². The van der Waals surface area contributed by atoms with E-state index in [4.69, 9.17) is 10.2 Å². The minimum Gasteiger partial charge on any atom is -0.449 e. The van der Waals surface area contributed by atoms with E-state index >= 15 is 0 Å². The van der Waals surface area contributed by atoms with Gasteiger partial charge in [-0.15, -0.1) is 0 Å². The second kappa shape index (κ2) is 6.00. The maximum atomic E-state index is 12.6. The first-order valence-electron chi connectivity index (χ1n) is 8.46. The van der Waals surface area contributed by atoms with Gasteiger partial charge in [0.05, 0.1) is 11.0 Å². The Hall–Kier alpha value is -2.67. The number of aryl methyl sites for hydroxylation is 1. The Balaban J connectivity index is 1.74. The Morgan fingerprint density at radius 2 is 2.04 bits per heavy atom. The molecule has 3 aromatic rings. The maximum absolute atomic E-state index is 12.6. The summed E-state index contributed by atoms with van der Waals surface area (Å²) in [6.07, 6.45) is 3.44. The molecule has 0 amide bonds. The van der Waals surface area contributed by atoms with Gasteiger partial charge in [0.25, 0.3) is 0 Å². The lowest BCUT2D eigenvalue weighted by molar-refractivity contribution is 0.103. The smallest absolute Gasteiger partial charge is 0.232 e. The van der Waals surface area contributed by atoms with Gasteiger partial charge in [0.2, 0.25) is 5.78 Å². The molecule has 7 nitrogen and oxygen atoms in total. The fraction of sp³-hybridized carbons (Fsp3) is 0.389. The summed E-state index contributed by atoms with van der Waals surface area (Å²) in [5, 5.41) is 0. The third-order valence-corrected chi connectivity index (χ3v) is 4.92. The molecule has 0 aliphatic carbocycles. The zero-order chi connectivity index (χ0) is 17.6. The molecule has 3 N–H and O–H groups in total. The lowest BCUT2D eigenvalue weighted by atomic mass is 9.90. The number of nitrogens with two attached hydrogens (primary N) is 1. The van der Waals surface area contributed by atoms with Crippen molar-refractivity contribution < 1.29 is 9.21 Å². The summed E-state index contributed by atoms with van der Waals surface area (Å²) in [5.41, 5.74) is 9.55. The van der Waals surface area contributed by atoms with Gasteiger partial charge < -0.3 is 20.0 Å². The van der Waals surface area contributed by atoms with Crippen LogP contribution in [0.25, 0.3) is 11.0 Å². The summed E-state index contributed by atoms with van der Waals surface area (Å²) in [7, 11) is 2.13. The van der Waals surface area contributed by atoms with Gasteiger partial charge in [-0.2, -0.15) is 0 Å². The highest BCUT2D eigenvalue weighted by molar-refractivity contribution is 6.07. The molecule has 3 aromatic heterocycles. The molecule has 4 rings (SSSR count). The van der Waals surface area contributed by atoms with Crippen LogP contribution < -0.4 is 5.73 Å². The van der Waals surface area contributed by atoms with E-state index in [0.29, 0.717) is 23.3 Å². The molecule has 4 heterocycles. The van der Waals surface area contributed by atoms with Crippen molar-refractivity contribution in [2.75, 3.05) is 25.9 Å². The summed E-state index contributed by atoms with van der Waals surface area (Å²) in [6.45, 7) is 3.78. The normalized spacial score (nSPS) is 16.6. The standard InChI is InChI=1S/C18H21N5O2/c1-10-20-14(9-25-10)17(24)13-4-3-12-16(21-13)15(18(19)22-12)11-5-7-23(2)8-6-11/h3-4,9,11,22H,5-8,19H2,1-2H3. The predicted octanol–water partition coefficient (Wildman–Crippen LogP) is 2.48. The van der Waals surface area contributed by atoms with Crippen LogP contribution in [0, 0.1) is 6.92 Å². The van der Waals surface area contributed by atoms with Crippen molar-refractivity contribution in [1.29, 1.82) is 0 Å². The van der Waals surface area contributed by atoms with Crippen LogP contribution in [0.1, 0.15) is 46.4 Å². The molecule has 1 saturated heterocycles. The van der Waals surface area contributed by atoms with Gasteiger partial charge in [-0.25, -0.2) is 9.97 Å². The minimum atomic E-state index is -0.243. The summed E-state index contributed by atoms with van der Waals surface area (Å²) >= 11 is 0. The summed E-state index contributed by atoms with van der Waals surface area (Å²) in [4.78, 5) is 26.8. The van der Waals surface area contributed by atoms with E-state index in [0.717, 1.165) is 42.5 Å². The number of piperidine rings is 1. The molecule has 130 valence electrons. The molecule has 1 fully saturated rings. The van der Waals surface area contributed by atoms with Crippen molar-refractivity contribution in [1.82, 2.24) is 19.9 Å². The summed E-state index contributed by atoms with van der Waals surface area (Å²) < 4.78 is 5.14. The van der Waals surface area contributed by atoms with E-state index < -0.39 is 0 Å². The van der Waals surface area contributed by atoms with Gasteiger partial charge in [-0.3, -0.25) is 4.79 Å². The van der Waals surface area contributed by atoms with Gasteiger partial charge in [0.1, 0.15) is 17.8 Å². The van der Waals surface area contributed by atoms with E-state index in [-0.39, 0.29) is 11.5 Å². The highest BCUT2D eigenvalue weighted by atomic mass is 16.3. The van der Waals surface area contributed by atoms with Crippen LogP contribution in [0.5, 0.6) is 0 Å². The lowest BCUT2D eigenvalue weighted by Gasteiger charge is -2.28. The molecule has 0 aromatic carbocycles. The van der Waals surface area contributed by atoms with Crippen LogP contribution in [0.4, 0.5) is 5.82 Å². The average Bonchev–Trinajstić information content (AvgIpc) is 3.17. The third kappa shape index (κ3) is 2.80. The van der Waals surface area contributed by atoms with E-state index in [1.807, 2.05) is 6.07 Å². The Kier molecular flexibility index (Phi) is 3.80. The molecule has 0 unspecified atom stereocenters. The van der Waals surface area contributed by atoms with Gasteiger partial charge in [-0.05, 0) is 51.0 Å². The number of rotatable bonds is 3. The fourth-order valence-electron chi connectivity index (χ4n) is 3.54. The highest BCUT2D eigenvalue weighted by Gasteiger charge is 2.25. The van der Waals surface area contributed by atoms with Crippen molar-refractivity contribution in [2.24, 2.45) is 0 Å². The first-order chi connectivity index (χ1) is 12.0. The number of likely N-dealkylation sites (tertiary alicyclic amines) is 1. The van der Waals surface area contributed by atoms with Crippen LogP contribution in [0.3, 0.4) is 0 Å². The number of carbonyl (C=O) groups excluding carboxylic acids is 1. The second-order valence-electron chi connectivity index (χ2n) is 6.70. The van der Waals surface area contributed by atoms with E-state index in [1.54, 1.807) is 13.0 Å². The number of hydrogen-bond donors (Lipinski definition) is 2. The zero-order valence-electron chi connectivity index (χ0n) is 14.4. The monoisotopic (exact) mass is 339 g/mol. The number of ketones is 1. The quantitative estimate of drug-likeness (QED) is 0.711. The molecule has 0 atom stereocenters. The van der Waals surface area contributed by atoms with Gasteiger partial charge in [0, 0.05) is 12.5 Å². The molecule has 0 radical (unpaired) electrons. The number of nitrogen functional groups attached to an aromatic ring is 1. The molecule has 0 bridgehead atoms. The minimum absolute atomic E-state index is 0.243. The molecule has 7 heteroatoms.